The number of piperazine rings is 1. The van der Waals surface area contributed by atoms with Crippen LogP contribution < -0.4 is 21.3 Å². The first-order valence-corrected chi connectivity index (χ1v) is 8.39. The predicted octanol–water partition coefficient (Wildman–Crippen LogP) is -0.820. The van der Waals surface area contributed by atoms with Gasteiger partial charge in [-0.1, -0.05) is 11.6 Å². The van der Waals surface area contributed by atoms with E-state index in [-0.39, 0.29) is 25.5 Å². The monoisotopic (exact) mass is 367 g/mol. The SMILES string of the molecule is NCC(=O)NCC(=O)NCC(=O)N1CCN(c2ccc(Cl)cc2)CC1. The number of hydrogen-bond acceptors (Lipinski definition) is 5. The lowest BCUT2D eigenvalue weighted by atomic mass is 10.2. The van der Waals surface area contributed by atoms with Crippen LogP contribution in [0.5, 0.6) is 0 Å². The van der Waals surface area contributed by atoms with E-state index in [1.54, 1.807) is 4.90 Å². The quantitative estimate of drug-likeness (QED) is 0.609. The van der Waals surface area contributed by atoms with Crippen molar-refractivity contribution in [3.63, 3.8) is 0 Å². The van der Waals surface area contributed by atoms with E-state index in [0.717, 1.165) is 5.69 Å². The van der Waals surface area contributed by atoms with Gasteiger partial charge in [0.1, 0.15) is 0 Å². The molecule has 2 rings (SSSR count). The number of nitrogens with one attached hydrogen (secondary N) is 2. The van der Waals surface area contributed by atoms with Gasteiger partial charge in [0, 0.05) is 36.9 Å². The molecule has 1 fully saturated rings. The number of benzene rings is 1. The molecule has 8 nitrogen and oxygen atoms in total. The zero-order valence-electron chi connectivity index (χ0n) is 13.8. The molecule has 1 aliphatic rings. The molecule has 0 bridgehead atoms. The lowest BCUT2D eigenvalue weighted by molar-refractivity contribution is -0.133. The summed E-state index contributed by atoms with van der Waals surface area (Å²) in [5.74, 6) is -0.982. The maximum absolute atomic E-state index is 12.2. The lowest BCUT2D eigenvalue weighted by Gasteiger charge is -2.36. The molecule has 0 radical (unpaired) electrons. The van der Waals surface area contributed by atoms with Crippen molar-refractivity contribution in [3.8, 4) is 0 Å². The molecule has 1 aliphatic heterocycles. The van der Waals surface area contributed by atoms with Crippen LogP contribution in [0.25, 0.3) is 0 Å². The minimum Gasteiger partial charge on any atom is -0.368 e. The van der Waals surface area contributed by atoms with Crippen LogP contribution in [0.1, 0.15) is 0 Å². The smallest absolute Gasteiger partial charge is 0.242 e. The minimum absolute atomic E-state index is 0.0850. The Morgan fingerprint density at radius 3 is 2.16 bits per heavy atom. The molecule has 9 heteroatoms. The van der Waals surface area contributed by atoms with E-state index in [2.05, 4.69) is 15.5 Å². The highest BCUT2D eigenvalue weighted by atomic mass is 35.5. The summed E-state index contributed by atoms with van der Waals surface area (Å²) in [6.07, 6.45) is 0. The zero-order chi connectivity index (χ0) is 18.2. The van der Waals surface area contributed by atoms with Crippen LogP contribution in [-0.4, -0.2) is 68.4 Å². The number of anilines is 1. The van der Waals surface area contributed by atoms with Crippen molar-refractivity contribution >= 4 is 35.0 Å². The van der Waals surface area contributed by atoms with Gasteiger partial charge in [-0.3, -0.25) is 14.4 Å². The van der Waals surface area contributed by atoms with Crippen molar-refractivity contribution < 1.29 is 14.4 Å². The predicted molar refractivity (Wildman–Crippen MR) is 95.3 cm³/mol. The highest BCUT2D eigenvalue weighted by molar-refractivity contribution is 6.30. The molecule has 25 heavy (non-hydrogen) atoms. The molecule has 0 unspecified atom stereocenters. The van der Waals surface area contributed by atoms with Crippen LogP contribution in [0.2, 0.25) is 5.02 Å². The largest absolute Gasteiger partial charge is 0.368 e. The highest BCUT2D eigenvalue weighted by Gasteiger charge is 2.21. The highest BCUT2D eigenvalue weighted by Crippen LogP contribution is 2.19. The zero-order valence-corrected chi connectivity index (χ0v) is 14.6. The Hall–Kier alpha value is -2.32. The van der Waals surface area contributed by atoms with Gasteiger partial charge in [-0.2, -0.15) is 0 Å². The first-order valence-electron chi connectivity index (χ1n) is 8.01. The second-order valence-electron chi connectivity index (χ2n) is 5.60. The van der Waals surface area contributed by atoms with Crippen molar-refractivity contribution in [2.45, 2.75) is 0 Å². The summed E-state index contributed by atoms with van der Waals surface area (Å²) in [5.41, 5.74) is 6.19. The first-order chi connectivity index (χ1) is 12.0. The Kier molecular flexibility index (Phi) is 7.03. The number of carbonyl (C=O) groups is 3. The average Bonchev–Trinajstić information content (AvgIpc) is 2.64. The normalized spacial score (nSPS) is 14.2. The summed E-state index contributed by atoms with van der Waals surface area (Å²) < 4.78 is 0. The number of amides is 3. The Morgan fingerprint density at radius 2 is 1.56 bits per heavy atom. The second kappa shape index (κ2) is 9.24. The van der Waals surface area contributed by atoms with Crippen molar-refractivity contribution in [2.75, 3.05) is 50.7 Å². The third-order valence-corrected chi connectivity index (χ3v) is 4.14. The molecule has 1 heterocycles. The van der Waals surface area contributed by atoms with Gasteiger partial charge in [-0.15, -0.1) is 0 Å². The fourth-order valence-corrected chi connectivity index (χ4v) is 2.59. The number of nitrogens with zero attached hydrogens (tertiary/aromatic N) is 2. The van der Waals surface area contributed by atoms with Gasteiger partial charge in [-0.05, 0) is 24.3 Å². The van der Waals surface area contributed by atoms with E-state index in [4.69, 9.17) is 17.3 Å². The van der Waals surface area contributed by atoms with Gasteiger partial charge in [0.15, 0.2) is 0 Å². The number of carbonyl (C=O) groups excluding carboxylic acids is 3. The number of halogens is 1. The molecule has 3 amide bonds. The van der Waals surface area contributed by atoms with Gasteiger partial charge in [0.25, 0.3) is 0 Å². The molecule has 136 valence electrons. The maximum Gasteiger partial charge on any atom is 0.242 e. The summed E-state index contributed by atoms with van der Waals surface area (Å²) in [6.45, 7) is 2.15. The summed E-state index contributed by atoms with van der Waals surface area (Å²) in [7, 11) is 0. The Labute approximate surface area is 151 Å². The van der Waals surface area contributed by atoms with E-state index in [9.17, 15) is 14.4 Å². The molecular weight excluding hydrogens is 346 g/mol. The molecule has 1 aromatic carbocycles. The first kappa shape index (κ1) is 19.0. The van der Waals surface area contributed by atoms with E-state index in [1.165, 1.54) is 0 Å². The van der Waals surface area contributed by atoms with Crippen molar-refractivity contribution in [1.29, 1.82) is 0 Å². The van der Waals surface area contributed by atoms with Gasteiger partial charge < -0.3 is 26.2 Å². The molecule has 0 aliphatic carbocycles. The third-order valence-electron chi connectivity index (χ3n) is 3.89. The van der Waals surface area contributed by atoms with Gasteiger partial charge in [0.2, 0.25) is 17.7 Å². The fourth-order valence-electron chi connectivity index (χ4n) is 2.47. The summed E-state index contributed by atoms with van der Waals surface area (Å²) in [4.78, 5) is 38.6. The Bertz CT molecular complexity index is 615. The van der Waals surface area contributed by atoms with Crippen LogP contribution >= 0.6 is 11.6 Å². The van der Waals surface area contributed by atoms with E-state index >= 15 is 0 Å². The van der Waals surface area contributed by atoms with Crippen molar-refractivity contribution in [2.24, 2.45) is 5.73 Å². The molecule has 0 spiro atoms. The number of nitrogens with two attached hydrogens (primary N) is 1. The Morgan fingerprint density at radius 1 is 0.960 bits per heavy atom. The number of rotatable bonds is 6. The molecule has 4 N–H and O–H groups in total. The third kappa shape index (κ3) is 5.91. The maximum atomic E-state index is 12.2. The van der Waals surface area contributed by atoms with Crippen LogP contribution in [0.3, 0.4) is 0 Å². The Balaban J connectivity index is 1.71. The molecule has 0 atom stereocenters. The van der Waals surface area contributed by atoms with Gasteiger partial charge in [-0.25, -0.2) is 0 Å². The van der Waals surface area contributed by atoms with Crippen molar-refractivity contribution in [1.82, 2.24) is 15.5 Å². The van der Waals surface area contributed by atoms with Crippen LogP contribution in [0, 0.1) is 0 Å². The molecule has 0 aromatic heterocycles. The second-order valence-corrected chi connectivity index (χ2v) is 6.04. The van der Waals surface area contributed by atoms with Crippen molar-refractivity contribution in [3.05, 3.63) is 29.3 Å². The molecular formula is C16H22ClN5O3. The van der Waals surface area contributed by atoms with Gasteiger partial charge >= 0.3 is 0 Å². The van der Waals surface area contributed by atoms with Crippen LogP contribution in [0.4, 0.5) is 5.69 Å². The van der Waals surface area contributed by atoms with E-state index in [1.807, 2.05) is 24.3 Å². The van der Waals surface area contributed by atoms with E-state index < -0.39 is 11.8 Å². The molecule has 1 aromatic rings. The number of hydrogen-bond donors (Lipinski definition) is 3. The summed E-state index contributed by atoms with van der Waals surface area (Å²) in [5, 5.41) is 5.53. The standard InChI is InChI=1S/C16H22ClN5O3/c17-12-1-3-13(4-2-12)21-5-7-22(8-6-21)16(25)11-20-15(24)10-19-14(23)9-18/h1-4H,5-11,18H2,(H,19,23)(H,20,24). The summed E-state index contributed by atoms with van der Waals surface area (Å²) in [6, 6.07) is 7.59. The molecule has 0 saturated carbocycles. The average molecular weight is 368 g/mol. The van der Waals surface area contributed by atoms with E-state index in [0.29, 0.717) is 31.2 Å². The summed E-state index contributed by atoms with van der Waals surface area (Å²) >= 11 is 5.89. The minimum atomic E-state index is -0.421. The molecule has 1 saturated heterocycles. The fraction of sp³-hybridized carbons (Fsp3) is 0.438. The van der Waals surface area contributed by atoms with Gasteiger partial charge in [0.05, 0.1) is 19.6 Å². The van der Waals surface area contributed by atoms with Crippen LogP contribution in [-0.2, 0) is 14.4 Å². The van der Waals surface area contributed by atoms with Crippen LogP contribution in [0.15, 0.2) is 24.3 Å². The lowest BCUT2D eigenvalue weighted by Crippen LogP contribution is -2.51. The topological polar surface area (TPSA) is 108 Å².